The van der Waals surface area contributed by atoms with Gasteiger partial charge in [0.1, 0.15) is 0 Å². The molecule has 0 aliphatic carbocycles. The van der Waals surface area contributed by atoms with Crippen molar-refractivity contribution in [3.63, 3.8) is 0 Å². The number of carbonyl (C=O) groups is 1. The van der Waals surface area contributed by atoms with E-state index >= 15 is 0 Å². The molecule has 2 N–H and O–H groups in total. The number of halogens is 2. The molecule has 0 unspecified atom stereocenters. The summed E-state index contributed by atoms with van der Waals surface area (Å²) >= 11 is 12.1. The predicted octanol–water partition coefficient (Wildman–Crippen LogP) is 2.48. The highest BCUT2D eigenvalue weighted by atomic mass is 35.5. The van der Waals surface area contributed by atoms with Crippen LogP contribution in [0.25, 0.3) is 5.65 Å². The minimum absolute atomic E-state index is 0.206. The second-order valence-corrected chi connectivity index (χ2v) is 6.20. The number of primary amides is 1. The van der Waals surface area contributed by atoms with Crippen molar-refractivity contribution in [2.45, 2.75) is 31.8 Å². The highest BCUT2D eigenvalue weighted by Crippen LogP contribution is 2.24. The lowest BCUT2D eigenvalue weighted by atomic mass is 10.0. The molecule has 1 atom stereocenters. The first-order chi connectivity index (χ1) is 10.0. The van der Waals surface area contributed by atoms with Crippen molar-refractivity contribution < 1.29 is 4.79 Å². The smallest absolute Gasteiger partial charge is 0.234 e. The number of pyridine rings is 1. The van der Waals surface area contributed by atoms with E-state index in [0.29, 0.717) is 22.2 Å². The highest BCUT2D eigenvalue weighted by molar-refractivity contribution is 6.36. The molecular weight excluding hydrogens is 311 g/mol. The number of nitrogens with zero attached hydrogens (tertiary/aromatic N) is 3. The zero-order valence-electron chi connectivity index (χ0n) is 11.4. The largest absolute Gasteiger partial charge is 0.368 e. The van der Waals surface area contributed by atoms with Crippen LogP contribution in [0.3, 0.4) is 0 Å². The Morgan fingerprint density at radius 1 is 1.38 bits per heavy atom. The van der Waals surface area contributed by atoms with Gasteiger partial charge >= 0.3 is 0 Å². The average molecular weight is 327 g/mol. The molecule has 2 aromatic rings. The Morgan fingerprint density at radius 2 is 2.19 bits per heavy atom. The molecule has 0 radical (unpaired) electrons. The first-order valence-electron chi connectivity index (χ1n) is 6.90. The molecule has 0 bridgehead atoms. The number of hydrogen-bond acceptors (Lipinski definition) is 3. The number of nitrogens with two attached hydrogens (primary N) is 1. The van der Waals surface area contributed by atoms with Gasteiger partial charge < -0.3 is 10.1 Å². The first kappa shape index (κ1) is 14.6. The Bertz CT molecular complexity index is 685. The van der Waals surface area contributed by atoms with E-state index in [1.165, 1.54) is 0 Å². The van der Waals surface area contributed by atoms with Crippen molar-refractivity contribution in [1.29, 1.82) is 0 Å². The Labute approximate surface area is 132 Å². The van der Waals surface area contributed by atoms with E-state index in [0.717, 1.165) is 31.5 Å². The Morgan fingerprint density at radius 3 is 2.95 bits per heavy atom. The molecule has 3 heterocycles. The summed E-state index contributed by atoms with van der Waals surface area (Å²) in [5.41, 5.74) is 7.01. The monoisotopic (exact) mass is 326 g/mol. The third-order valence-corrected chi connectivity index (χ3v) is 4.31. The maximum atomic E-state index is 11.5. The second kappa shape index (κ2) is 5.83. The maximum Gasteiger partial charge on any atom is 0.234 e. The van der Waals surface area contributed by atoms with Gasteiger partial charge in [-0.2, -0.15) is 0 Å². The SMILES string of the molecule is NC(=O)[C@@H]1CCCCN1Cc1cn2cc(Cl)cc(Cl)c2n1. The van der Waals surface area contributed by atoms with Crippen molar-refractivity contribution in [3.8, 4) is 0 Å². The van der Waals surface area contributed by atoms with E-state index < -0.39 is 0 Å². The summed E-state index contributed by atoms with van der Waals surface area (Å²) in [6.07, 6.45) is 6.58. The van der Waals surface area contributed by atoms with Crippen LogP contribution in [0.2, 0.25) is 10.0 Å². The van der Waals surface area contributed by atoms with E-state index in [2.05, 4.69) is 9.88 Å². The zero-order valence-corrected chi connectivity index (χ0v) is 12.9. The number of imidazole rings is 1. The van der Waals surface area contributed by atoms with Gasteiger partial charge in [0, 0.05) is 18.9 Å². The number of amides is 1. The summed E-state index contributed by atoms with van der Waals surface area (Å²) in [4.78, 5) is 18.1. The first-order valence-corrected chi connectivity index (χ1v) is 7.66. The van der Waals surface area contributed by atoms with Gasteiger partial charge in [0.05, 0.1) is 21.8 Å². The van der Waals surface area contributed by atoms with Crippen LogP contribution in [-0.4, -0.2) is 32.8 Å². The standard InChI is InChI=1S/C14H16Cl2N4O/c15-9-5-11(16)14-18-10(8-20(14)6-9)7-19-4-2-1-3-12(19)13(17)21/h5-6,8,12H,1-4,7H2,(H2,17,21)/t12-/m0/s1. The molecule has 0 saturated carbocycles. The van der Waals surface area contributed by atoms with E-state index in [4.69, 9.17) is 28.9 Å². The van der Waals surface area contributed by atoms with Crippen LogP contribution in [0.1, 0.15) is 25.0 Å². The minimum atomic E-state index is -0.264. The lowest BCUT2D eigenvalue weighted by Crippen LogP contribution is -2.47. The van der Waals surface area contributed by atoms with Gasteiger partial charge in [-0.05, 0) is 25.5 Å². The van der Waals surface area contributed by atoms with E-state index in [-0.39, 0.29) is 11.9 Å². The fourth-order valence-corrected chi connectivity index (χ4v) is 3.39. The van der Waals surface area contributed by atoms with Crippen LogP contribution in [-0.2, 0) is 11.3 Å². The van der Waals surface area contributed by atoms with Gasteiger partial charge in [-0.3, -0.25) is 9.69 Å². The van der Waals surface area contributed by atoms with Crippen LogP contribution in [0.4, 0.5) is 0 Å². The minimum Gasteiger partial charge on any atom is -0.368 e. The topological polar surface area (TPSA) is 63.6 Å². The fraction of sp³-hybridized carbons (Fsp3) is 0.429. The molecule has 0 aromatic carbocycles. The molecule has 1 amide bonds. The van der Waals surface area contributed by atoms with E-state index in [1.54, 1.807) is 12.3 Å². The zero-order chi connectivity index (χ0) is 15.0. The molecule has 3 rings (SSSR count). The number of likely N-dealkylation sites (tertiary alicyclic amines) is 1. The van der Waals surface area contributed by atoms with Crippen molar-refractivity contribution in [2.75, 3.05) is 6.54 Å². The number of fused-ring (bicyclic) bond motifs is 1. The second-order valence-electron chi connectivity index (χ2n) is 5.35. The van der Waals surface area contributed by atoms with Crippen LogP contribution in [0.15, 0.2) is 18.5 Å². The van der Waals surface area contributed by atoms with E-state index in [1.807, 2.05) is 10.6 Å². The number of carbonyl (C=O) groups excluding carboxylic acids is 1. The summed E-state index contributed by atoms with van der Waals surface area (Å²) in [5, 5.41) is 1.07. The molecule has 1 saturated heterocycles. The quantitative estimate of drug-likeness (QED) is 0.942. The van der Waals surface area contributed by atoms with E-state index in [9.17, 15) is 4.79 Å². The summed E-state index contributed by atoms with van der Waals surface area (Å²) in [7, 11) is 0. The third kappa shape index (κ3) is 3.00. The van der Waals surface area contributed by atoms with Gasteiger partial charge in [-0.15, -0.1) is 0 Å². The maximum absolute atomic E-state index is 11.5. The van der Waals surface area contributed by atoms with Crippen LogP contribution >= 0.6 is 23.2 Å². The van der Waals surface area contributed by atoms with Crippen LogP contribution < -0.4 is 5.73 Å². The number of piperidine rings is 1. The Balaban J connectivity index is 1.87. The predicted molar refractivity (Wildman–Crippen MR) is 82.5 cm³/mol. The number of hydrogen-bond donors (Lipinski definition) is 1. The lowest BCUT2D eigenvalue weighted by Gasteiger charge is -2.32. The lowest BCUT2D eigenvalue weighted by molar-refractivity contribution is -0.124. The molecule has 2 aromatic heterocycles. The van der Waals surface area contributed by atoms with Crippen molar-refractivity contribution >= 4 is 34.8 Å². The molecule has 1 aliphatic rings. The molecule has 1 aliphatic heterocycles. The third-order valence-electron chi connectivity index (χ3n) is 3.83. The summed E-state index contributed by atoms with van der Waals surface area (Å²) in [6.45, 7) is 1.44. The molecule has 21 heavy (non-hydrogen) atoms. The fourth-order valence-electron chi connectivity index (χ4n) is 2.86. The van der Waals surface area contributed by atoms with Gasteiger partial charge in [0.15, 0.2) is 5.65 Å². The summed E-state index contributed by atoms with van der Waals surface area (Å²) in [6, 6.07) is 1.46. The van der Waals surface area contributed by atoms with Crippen molar-refractivity contribution in [3.05, 3.63) is 34.2 Å². The molecule has 1 fully saturated rings. The van der Waals surface area contributed by atoms with Gasteiger partial charge in [-0.25, -0.2) is 4.98 Å². The Hall–Kier alpha value is -1.30. The number of aromatic nitrogens is 2. The average Bonchev–Trinajstić information content (AvgIpc) is 2.81. The molecule has 0 spiro atoms. The van der Waals surface area contributed by atoms with Crippen molar-refractivity contribution in [2.24, 2.45) is 5.73 Å². The van der Waals surface area contributed by atoms with Crippen LogP contribution in [0.5, 0.6) is 0 Å². The summed E-state index contributed by atoms with van der Waals surface area (Å²) < 4.78 is 1.81. The molecule has 5 nitrogen and oxygen atoms in total. The van der Waals surface area contributed by atoms with Crippen LogP contribution in [0, 0.1) is 0 Å². The highest BCUT2D eigenvalue weighted by Gasteiger charge is 2.27. The van der Waals surface area contributed by atoms with Gasteiger partial charge in [0.25, 0.3) is 0 Å². The summed E-state index contributed by atoms with van der Waals surface area (Å²) in [5.74, 6) is -0.264. The molecule has 112 valence electrons. The molecular formula is C14H16Cl2N4O. The van der Waals surface area contributed by atoms with Crippen molar-refractivity contribution in [1.82, 2.24) is 14.3 Å². The van der Waals surface area contributed by atoms with Gasteiger partial charge in [-0.1, -0.05) is 29.6 Å². The van der Waals surface area contributed by atoms with Gasteiger partial charge in [0.2, 0.25) is 5.91 Å². The molecule has 7 heteroatoms. The number of rotatable bonds is 3. The normalized spacial score (nSPS) is 20.0. The Kier molecular flexibility index (Phi) is 4.06.